The number of furan rings is 1. The fraction of sp³-hybridized carbons (Fsp3) is 0.400. The van der Waals surface area contributed by atoms with E-state index in [4.69, 9.17) is 8.83 Å². The van der Waals surface area contributed by atoms with Crippen LogP contribution in [-0.4, -0.2) is 16.2 Å². The fourth-order valence-corrected chi connectivity index (χ4v) is 1.45. The fourth-order valence-electron chi connectivity index (χ4n) is 1.15. The largest absolute Gasteiger partial charge is 0.444 e. The van der Waals surface area contributed by atoms with Gasteiger partial charge in [0.2, 0.25) is 5.89 Å². The second kappa shape index (κ2) is 4.80. The van der Waals surface area contributed by atoms with Crippen molar-refractivity contribution >= 4 is 15.9 Å². The topological polar surface area (TPSA) is 64.1 Å². The second-order valence-corrected chi connectivity index (χ2v) is 4.42. The van der Waals surface area contributed by atoms with E-state index >= 15 is 0 Å². The van der Waals surface area contributed by atoms with Gasteiger partial charge in [0.25, 0.3) is 5.89 Å². The summed E-state index contributed by atoms with van der Waals surface area (Å²) in [6.45, 7) is 4.67. The van der Waals surface area contributed by atoms with Gasteiger partial charge in [-0.1, -0.05) is 13.8 Å². The van der Waals surface area contributed by atoms with E-state index in [9.17, 15) is 0 Å². The third-order valence-electron chi connectivity index (χ3n) is 1.91. The van der Waals surface area contributed by atoms with Crippen LogP contribution in [0.3, 0.4) is 0 Å². The number of hydrogen-bond donors (Lipinski definition) is 1. The van der Waals surface area contributed by atoms with Crippen molar-refractivity contribution in [3.8, 4) is 11.7 Å². The maximum atomic E-state index is 5.43. The summed E-state index contributed by atoms with van der Waals surface area (Å²) in [6, 6.07) is 3.94. The lowest BCUT2D eigenvalue weighted by Crippen LogP contribution is -2.21. The summed E-state index contributed by atoms with van der Waals surface area (Å²) >= 11 is 3.22. The van der Waals surface area contributed by atoms with Crippen LogP contribution < -0.4 is 5.32 Å². The van der Waals surface area contributed by atoms with Crippen molar-refractivity contribution in [2.45, 2.75) is 26.4 Å². The number of nitrogens with one attached hydrogen (secondary N) is 1. The molecular weight excluding hydrogens is 274 g/mol. The van der Waals surface area contributed by atoms with Crippen LogP contribution in [-0.2, 0) is 6.54 Å². The molecule has 0 saturated carbocycles. The quantitative estimate of drug-likeness (QED) is 0.935. The molecule has 86 valence electrons. The summed E-state index contributed by atoms with van der Waals surface area (Å²) in [7, 11) is 0. The van der Waals surface area contributed by atoms with Crippen molar-refractivity contribution < 1.29 is 8.83 Å². The van der Waals surface area contributed by atoms with E-state index in [2.05, 4.69) is 45.3 Å². The minimum Gasteiger partial charge on any atom is -0.444 e. The summed E-state index contributed by atoms with van der Waals surface area (Å²) in [4.78, 5) is 0. The minimum absolute atomic E-state index is 0.383. The maximum absolute atomic E-state index is 5.43. The molecule has 2 aromatic heterocycles. The first-order valence-electron chi connectivity index (χ1n) is 4.96. The third-order valence-corrected chi connectivity index (χ3v) is 2.34. The Kier molecular flexibility index (Phi) is 3.40. The minimum atomic E-state index is 0.383. The number of hydrogen-bond acceptors (Lipinski definition) is 5. The maximum Gasteiger partial charge on any atom is 0.283 e. The monoisotopic (exact) mass is 285 g/mol. The van der Waals surface area contributed by atoms with Gasteiger partial charge in [0.05, 0.1) is 6.54 Å². The van der Waals surface area contributed by atoms with Crippen molar-refractivity contribution in [3.63, 3.8) is 0 Å². The Hall–Kier alpha value is -1.14. The number of aromatic nitrogens is 2. The molecule has 0 saturated heterocycles. The van der Waals surface area contributed by atoms with Crippen molar-refractivity contribution in [1.29, 1.82) is 0 Å². The highest BCUT2D eigenvalue weighted by molar-refractivity contribution is 9.10. The van der Waals surface area contributed by atoms with Crippen LogP contribution in [0.15, 0.2) is 25.6 Å². The molecule has 0 atom stereocenters. The van der Waals surface area contributed by atoms with Gasteiger partial charge >= 0.3 is 0 Å². The number of rotatable bonds is 4. The van der Waals surface area contributed by atoms with Gasteiger partial charge < -0.3 is 14.2 Å². The van der Waals surface area contributed by atoms with Gasteiger partial charge in [0.1, 0.15) is 0 Å². The Labute approximate surface area is 101 Å². The van der Waals surface area contributed by atoms with Crippen LogP contribution in [0.2, 0.25) is 0 Å². The molecule has 0 aliphatic carbocycles. The zero-order valence-corrected chi connectivity index (χ0v) is 10.6. The number of nitrogens with zero attached hydrogens (tertiary/aromatic N) is 2. The average molecular weight is 286 g/mol. The highest BCUT2D eigenvalue weighted by Crippen LogP contribution is 2.23. The molecule has 0 aromatic carbocycles. The third kappa shape index (κ3) is 2.70. The average Bonchev–Trinajstić information content (AvgIpc) is 2.83. The van der Waals surface area contributed by atoms with E-state index in [0.717, 1.165) is 0 Å². The van der Waals surface area contributed by atoms with Crippen LogP contribution in [0.25, 0.3) is 11.7 Å². The molecule has 0 aliphatic rings. The van der Waals surface area contributed by atoms with Gasteiger partial charge in [0, 0.05) is 6.04 Å². The molecule has 0 bridgehead atoms. The summed E-state index contributed by atoms with van der Waals surface area (Å²) < 4.78 is 11.4. The van der Waals surface area contributed by atoms with Crippen molar-refractivity contribution in [1.82, 2.24) is 15.5 Å². The second-order valence-electron chi connectivity index (χ2n) is 3.64. The van der Waals surface area contributed by atoms with Crippen LogP contribution in [0.1, 0.15) is 19.7 Å². The first-order valence-corrected chi connectivity index (χ1v) is 5.76. The highest BCUT2D eigenvalue weighted by atomic mass is 79.9. The molecule has 2 rings (SSSR count). The molecule has 1 N–H and O–H groups in total. The first kappa shape index (κ1) is 11.3. The molecule has 2 aromatic rings. The van der Waals surface area contributed by atoms with Crippen molar-refractivity contribution in [2.24, 2.45) is 0 Å². The van der Waals surface area contributed by atoms with E-state index in [0.29, 0.717) is 34.8 Å². The van der Waals surface area contributed by atoms with Crippen molar-refractivity contribution in [3.05, 3.63) is 22.7 Å². The van der Waals surface area contributed by atoms with Gasteiger partial charge in [-0.25, -0.2) is 0 Å². The molecule has 0 unspecified atom stereocenters. The Balaban J connectivity index is 2.07. The van der Waals surface area contributed by atoms with E-state index in [-0.39, 0.29) is 0 Å². The standard InChI is InChI=1S/C10H12BrN3O2/c1-6(2)12-5-9-13-14-10(16-9)7-3-4-8(11)15-7/h3-4,6,12H,5H2,1-2H3. The summed E-state index contributed by atoms with van der Waals surface area (Å²) in [6.07, 6.45) is 0. The molecule has 0 aliphatic heterocycles. The zero-order valence-electron chi connectivity index (χ0n) is 9.03. The predicted octanol–water partition coefficient (Wildman–Crippen LogP) is 2.59. The van der Waals surface area contributed by atoms with E-state index in [1.807, 2.05) is 0 Å². The van der Waals surface area contributed by atoms with Crippen LogP contribution in [0.4, 0.5) is 0 Å². The predicted molar refractivity (Wildman–Crippen MR) is 61.7 cm³/mol. The lowest BCUT2D eigenvalue weighted by atomic mass is 10.4. The van der Waals surface area contributed by atoms with Crippen LogP contribution >= 0.6 is 15.9 Å². The van der Waals surface area contributed by atoms with Gasteiger partial charge in [-0.2, -0.15) is 0 Å². The Morgan fingerprint density at radius 1 is 1.31 bits per heavy atom. The van der Waals surface area contributed by atoms with Crippen molar-refractivity contribution in [2.75, 3.05) is 0 Å². The molecule has 0 radical (unpaired) electrons. The molecular formula is C10H12BrN3O2. The van der Waals surface area contributed by atoms with Crippen LogP contribution in [0, 0.1) is 0 Å². The summed E-state index contributed by atoms with van der Waals surface area (Å²) in [5.74, 6) is 1.51. The van der Waals surface area contributed by atoms with E-state index in [1.165, 1.54) is 0 Å². The van der Waals surface area contributed by atoms with Gasteiger partial charge in [0.15, 0.2) is 10.4 Å². The lowest BCUT2D eigenvalue weighted by molar-refractivity contribution is 0.444. The first-order chi connectivity index (χ1) is 7.65. The van der Waals surface area contributed by atoms with Gasteiger partial charge in [-0.3, -0.25) is 0 Å². The Morgan fingerprint density at radius 2 is 2.12 bits per heavy atom. The highest BCUT2D eigenvalue weighted by Gasteiger charge is 2.11. The Bertz CT molecular complexity index is 464. The SMILES string of the molecule is CC(C)NCc1nnc(-c2ccc(Br)o2)o1. The Morgan fingerprint density at radius 3 is 2.75 bits per heavy atom. The van der Waals surface area contributed by atoms with E-state index < -0.39 is 0 Å². The molecule has 16 heavy (non-hydrogen) atoms. The molecule has 0 spiro atoms. The van der Waals surface area contributed by atoms with Crippen LogP contribution in [0.5, 0.6) is 0 Å². The lowest BCUT2D eigenvalue weighted by Gasteiger charge is -2.03. The van der Waals surface area contributed by atoms with E-state index in [1.54, 1.807) is 12.1 Å². The zero-order chi connectivity index (χ0) is 11.5. The summed E-state index contributed by atoms with van der Waals surface area (Å²) in [5, 5.41) is 11.0. The van der Waals surface area contributed by atoms with Gasteiger partial charge in [-0.15, -0.1) is 10.2 Å². The summed E-state index contributed by atoms with van der Waals surface area (Å²) in [5.41, 5.74) is 0. The molecule has 2 heterocycles. The normalized spacial score (nSPS) is 11.2. The molecule has 5 nitrogen and oxygen atoms in total. The molecule has 6 heteroatoms. The number of halogens is 1. The van der Waals surface area contributed by atoms with Gasteiger partial charge in [-0.05, 0) is 28.1 Å². The smallest absolute Gasteiger partial charge is 0.283 e. The molecule has 0 fully saturated rings. The molecule has 0 amide bonds.